The summed E-state index contributed by atoms with van der Waals surface area (Å²) in [6, 6.07) is 0. The van der Waals surface area contributed by atoms with Crippen molar-refractivity contribution in [3.63, 3.8) is 0 Å². The minimum Gasteiger partial charge on any atom is -0.315 e. The number of nitrogens with one attached hydrogen (secondary N) is 2. The van der Waals surface area contributed by atoms with Gasteiger partial charge in [-0.3, -0.25) is 0 Å². The zero-order valence-electron chi connectivity index (χ0n) is 6.09. The molecule has 0 amide bonds. The average molecular weight is 167 g/mol. The highest BCUT2D eigenvalue weighted by molar-refractivity contribution is 7.87. The molecule has 5 nitrogen and oxygen atoms in total. The van der Waals surface area contributed by atoms with E-state index in [1.54, 1.807) is 13.8 Å². The summed E-state index contributed by atoms with van der Waals surface area (Å²) < 4.78 is 25.9. The summed E-state index contributed by atoms with van der Waals surface area (Å²) in [7, 11) is -3.36. The molecule has 6 heteroatoms. The van der Waals surface area contributed by atoms with Crippen molar-refractivity contribution in [3.05, 3.63) is 0 Å². The van der Waals surface area contributed by atoms with Crippen LogP contribution in [0.5, 0.6) is 0 Å². The highest BCUT2D eigenvalue weighted by atomic mass is 32.2. The Kier molecular flexibility index (Phi) is 3.80. The van der Waals surface area contributed by atoms with E-state index in [1.165, 1.54) is 0 Å². The number of hydrogen-bond acceptors (Lipinski definition) is 3. The van der Waals surface area contributed by atoms with E-state index < -0.39 is 16.4 Å². The summed E-state index contributed by atoms with van der Waals surface area (Å²) >= 11 is 0. The van der Waals surface area contributed by atoms with Crippen molar-refractivity contribution in [2.45, 2.75) is 20.0 Å². The van der Waals surface area contributed by atoms with Gasteiger partial charge in [-0.05, 0) is 6.92 Å². The largest absolute Gasteiger partial charge is 0.315 e. The highest BCUT2D eigenvalue weighted by Crippen LogP contribution is 1.76. The molecule has 0 aliphatic carbocycles. The average Bonchev–Trinajstić information content (AvgIpc) is 1.59. The van der Waals surface area contributed by atoms with Gasteiger partial charge in [-0.1, -0.05) is 6.92 Å². The number of rotatable bonds is 4. The molecule has 62 valence electrons. The topological polar surface area (TPSA) is 84.2 Å². The normalized spacial score (nSPS) is 15.1. The van der Waals surface area contributed by atoms with Crippen LogP contribution in [0.4, 0.5) is 0 Å². The van der Waals surface area contributed by atoms with E-state index in [1.807, 2.05) is 0 Å². The van der Waals surface area contributed by atoms with E-state index in [2.05, 4.69) is 9.44 Å². The van der Waals surface area contributed by atoms with Crippen LogP contribution in [-0.4, -0.2) is 21.1 Å². The van der Waals surface area contributed by atoms with Gasteiger partial charge in [0, 0.05) is 6.54 Å². The molecule has 0 radical (unpaired) electrons. The number of nitrogens with two attached hydrogens (primary N) is 1. The molecule has 0 bridgehead atoms. The Morgan fingerprint density at radius 2 is 2.10 bits per heavy atom. The lowest BCUT2D eigenvalue weighted by Gasteiger charge is -2.08. The molecule has 0 aliphatic rings. The lowest BCUT2D eigenvalue weighted by molar-refractivity contribution is 0.553. The second-order valence-corrected chi connectivity index (χ2v) is 3.44. The van der Waals surface area contributed by atoms with Crippen molar-refractivity contribution in [1.29, 1.82) is 0 Å². The third-order valence-corrected chi connectivity index (χ3v) is 2.03. The van der Waals surface area contributed by atoms with E-state index in [0.29, 0.717) is 6.54 Å². The molecule has 1 atom stereocenters. The van der Waals surface area contributed by atoms with Crippen molar-refractivity contribution >= 4 is 10.2 Å². The van der Waals surface area contributed by atoms with E-state index in [4.69, 9.17) is 5.73 Å². The van der Waals surface area contributed by atoms with Gasteiger partial charge >= 0.3 is 0 Å². The Hall–Kier alpha value is -0.170. The van der Waals surface area contributed by atoms with Crippen molar-refractivity contribution in [2.24, 2.45) is 5.73 Å². The summed E-state index contributed by atoms with van der Waals surface area (Å²) in [5.74, 6) is 0. The van der Waals surface area contributed by atoms with Crippen LogP contribution < -0.4 is 15.2 Å². The summed E-state index contributed by atoms with van der Waals surface area (Å²) in [5, 5.41) is 0. The van der Waals surface area contributed by atoms with Crippen molar-refractivity contribution in [2.75, 3.05) is 6.54 Å². The summed E-state index contributed by atoms with van der Waals surface area (Å²) in [6.07, 6.45) is -0.552. The fourth-order valence-electron chi connectivity index (χ4n) is 0.476. The molecule has 0 rings (SSSR count). The molecule has 0 saturated carbocycles. The van der Waals surface area contributed by atoms with Gasteiger partial charge in [0.25, 0.3) is 10.2 Å². The van der Waals surface area contributed by atoms with Crippen LogP contribution in [0.15, 0.2) is 0 Å². The fraction of sp³-hybridized carbons (Fsp3) is 1.00. The van der Waals surface area contributed by atoms with Gasteiger partial charge in [-0.2, -0.15) is 13.1 Å². The summed E-state index contributed by atoms with van der Waals surface area (Å²) in [6.45, 7) is 3.61. The maximum atomic E-state index is 10.7. The zero-order valence-corrected chi connectivity index (χ0v) is 6.90. The molecule has 0 fully saturated rings. The third kappa shape index (κ3) is 4.68. The van der Waals surface area contributed by atoms with Crippen molar-refractivity contribution < 1.29 is 8.42 Å². The van der Waals surface area contributed by atoms with Crippen molar-refractivity contribution in [1.82, 2.24) is 9.44 Å². The second kappa shape index (κ2) is 3.87. The van der Waals surface area contributed by atoms with E-state index >= 15 is 0 Å². The first-order chi connectivity index (χ1) is 4.48. The van der Waals surface area contributed by atoms with Crippen LogP contribution in [0.25, 0.3) is 0 Å². The van der Waals surface area contributed by atoms with Gasteiger partial charge in [0.1, 0.15) is 0 Å². The Morgan fingerprint density at radius 1 is 1.60 bits per heavy atom. The Bertz CT molecular complexity index is 175. The van der Waals surface area contributed by atoms with E-state index in [0.717, 1.165) is 0 Å². The maximum Gasteiger partial charge on any atom is 0.278 e. The van der Waals surface area contributed by atoms with Crippen LogP contribution in [0, 0.1) is 0 Å². The number of hydrogen-bond donors (Lipinski definition) is 3. The molecule has 0 aromatic heterocycles. The molecule has 10 heavy (non-hydrogen) atoms. The lowest BCUT2D eigenvalue weighted by atomic mass is 10.7. The Balaban J connectivity index is 3.89. The molecule has 0 aliphatic heterocycles. The minimum atomic E-state index is -3.36. The SMILES string of the molecule is CCNS(=O)(=O)NC(C)N. The van der Waals surface area contributed by atoms with Crippen LogP contribution >= 0.6 is 0 Å². The van der Waals surface area contributed by atoms with Gasteiger partial charge in [-0.25, -0.2) is 4.72 Å². The molecule has 0 saturated heterocycles. The minimum absolute atomic E-state index is 0.363. The van der Waals surface area contributed by atoms with Crippen molar-refractivity contribution in [3.8, 4) is 0 Å². The Morgan fingerprint density at radius 3 is 2.40 bits per heavy atom. The fourth-order valence-corrected chi connectivity index (χ4v) is 1.43. The van der Waals surface area contributed by atoms with Gasteiger partial charge in [0.2, 0.25) is 0 Å². The van der Waals surface area contributed by atoms with Crippen LogP contribution in [-0.2, 0) is 10.2 Å². The summed E-state index contributed by atoms with van der Waals surface area (Å²) in [4.78, 5) is 0. The molecule has 0 aromatic rings. The Labute approximate surface area is 61.2 Å². The van der Waals surface area contributed by atoms with E-state index in [-0.39, 0.29) is 0 Å². The van der Waals surface area contributed by atoms with Gasteiger partial charge in [0.15, 0.2) is 0 Å². The second-order valence-electron chi connectivity index (χ2n) is 1.91. The van der Waals surface area contributed by atoms with Gasteiger partial charge in [0.05, 0.1) is 6.17 Å². The molecular formula is C4H13N3O2S. The van der Waals surface area contributed by atoms with E-state index in [9.17, 15) is 8.42 Å². The van der Waals surface area contributed by atoms with Crippen LogP contribution in [0.3, 0.4) is 0 Å². The lowest BCUT2D eigenvalue weighted by Crippen LogP contribution is -2.45. The maximum absolute atomic E-state index is 10.7. The highest BCUT2D eigenvalue weighted by Gasteiger charge is 2.07. The molecular weight excluding hydrogens is 154 g/mol. The third-order valence-electron chi connectivity index (χ3n) is 0.675. The molecule has 1 unspecified atom stereocenters. The quantitative estimate of drug-likeness (QED) is 0.457. The zero-order chi connectivity index (χ0) is 8.20. The predicted octanol–water partition coefficient (Wildman–Crippen LogP) is -1.26. The first kappa shape index (κ1) is 9.83. The summed E-state index contributed by atoms with van der Waals surface area (Å²) in [5.41, 5.74) is 5.18. The standard InChI is InChI=1S/C4H13N3O2S/c1-3-6-10(8,9)7-4(2)5/h4,6-7H,3,5H2,1-2H3. The first-order valence-electron chi connectivity index (χ1n) is 3.00. The van der Waals surface area contributed by atoms with Gasteiger partial charge < -0.3 is 5.73 Å². The monoisotopic (exact) mass is 167 g/mol. The molecule has 0 heterocycles. The molecule has 0 spiro atoms. The molecule has 4 N–H and O–H groups in total. The first-order valence-corrected chi connectivity index (χ1v) is 4.48. The molecule has 0 aromatic carbocycles. The van der Waals surface area contributed by atoms with Gasteiger partial charge in [-0.15, -0.1) is 0 Å². The van der Waals surface area contributed by atoms with Crippen LogP contribution in [0.1, 0.15) is 13.8 Å². The predicted molar refractivity (Wildman–Crippen MR) is 39.4 cm³/mol. The van der Waals surface area contributed by atoms with Crippen LogP contribution in [0.2, 0.25) is 0 Å². The smallest absolute Gasteiger partial charge is 0.278 e.